The standard InChI is InChI=1S/C19H22F2N4O3/c1-24-11-14(18(23-24)28-2)19(27)25-8-6-12(7-9-25)17(26)22-10-13-15(20)4-3-5-16(13)21/h3-5,11-12H,6-10H2,1-2H3,(H,22,26). The Kier molecular flexibility index (Phi) is 5.91. The lowest BCUT2D eigenvalue weighted by Crippen LogP contribution is -2.43. The van der Waals surface area contributed by atoms with Crippen molar-refractivity contribution in [3.63, 3.8) is 0 Å². The minimum absolute atomic E-state index is 0.160. The monoisotopic (exact) mass is 392 g/mol. The van der Waals surface area contributed by atoms with Crippen LogP contribution in [0.2, 0.25) is 0 Å². The third-order valence-electron chi connectivity index (χ3n) is 4.87. The Bertz CT molecular complexity index is 856. The van der Waals surface area contributed by atoms with Crippen LogP contribution in [-0.4, -0.2) is 46.7 Å². The number of aryl methyl sites for hydroxylation is 1. The van der Waals surface area contributed by atoms with Crippen LogP contribution in [0.5, 0.6) is 5.88 Å². The molecular formula is C19H22F2N4O3. The molecule has 3 rings (SSSR count). The van der Waals surface area contributed by atoms with E-state index in [9.17, 15) is 18.4 Å². The average molecular weight is 392 g/mol. The van der Waals surface area contributed by atoms with E-state index in [1.165, 1.54) is 17.9 Å². The number of piperidine rings is 1. The van der Waals surface area contributed by atoms with Crippen LogP contribution in [0, 0.1) is 17.6 Å². The summed E-state index contributed by atoms with van der Waals surface area (Å²) in [5.41, 5.74) is 0.218. The van der Waals surface area contributed by atoms with Crippen molar-refractivity contribution in [1.82, 2.24) is 20.0 Å². The van der Waals surface area contributed by atoms with E-state index in [0.717, 1.165) is 12.1 Å². The lowest BCUT2D eigenvalue weighted by Gasteiger charge is -2.31. The summed E-state index contributed by atoms with van der Waals surface area (Å²) in [7, 11) is 3.16. The van der Waals surface area contributed by atoms with Crippen LogP contribution in [-0.2, 0) is 18.4 Å². The first kappa shape index (κ1) is 19.8. The summed E-state index contributed by atoms with van der Waals surface area (Å²) in [4.78, 5) is 26.7. The summed E-state index contributed by atoms with van der Waals surface area (Å²) in [5, 5.41) is 6.67. The molecule has 0 spiro atoms. The summed E-state index contributed by atoms with van der Waals surface area (Å²) >= 11 is 0. The molecule has 150 valence electrons. The SMILES string of the molecule is COc1nn(C)cc1C(=O)N1CCC(C(=O)NCc2c(F)cccc2F)CC1. The fourth-order valence-corrected chi connectivity index (χ4v) is 3.30. The lowest BCUT2D eigenvalue weighted by molar-refractivity contribution is -0.126. The van der Waals surface area contributed by atoms with Gasteiger partial charge in [0.05, 0.1) is 7.11 Å². The molecule has 7 nitrogen and oxygen atoms in total. The van der Waals surface area contributed by atoms with Crippen LogP contribution >= 0.6 is 0 Å². The molecule has 0 aliphatic carbocycles. The van der Waals surface area contributed by atoms with Gasteiger partial charge in [0.25, 0.3) is 5.91 Å². The van der Waals surface area contributed by atoms with Gasteiger partial charge >= 0.3 is 0 Å². The van der Waals surface area contributed by atoms with Crippen molar-refractivity contribution in [2.75, 3.05) is 20.2 Å². The maximum absolute atomic E-state index is 13.7. The molecule has 2 aromatic rings. The largest absolute Gasteiger partial charge is 0.479 e. The van der Waals surface area contributed by atoms with E-state index in [2.05, 4.69) is 10.4 Å². The van der Waals surface area contributed by atoms with Crippen molar-refractivity contribution in [2.24, 2.45) is 13.0 Å². The van der Waals surface area contributed by atoms with Gasteiger partial charge in [-0.05, 0) is 25.0 Å². The normalized spacial score (nSPS) is 14.8. The molecule has 28 heavy (non-hydrogen) atoms. The van der Waals surface area contributed by atoms with Crippen LogP contribution < -0.4 is 10.1 Å². The molecule has 9 heteroatoms. The first-order valence-electron chi connectivity index (χ1n) is 8.98. The van der Waals surface area contributed by atoms with Gasteiger partial charge < -0.3 is 15.0 Å². The topological polar surface area (TPSA) is 76.5 Å². The molecule has 1 N–H and O–H groups in total. The van der Waals surface area contributed by atoms with Crippen LogP contribution in [0.15, 0.2) is 24.4 Å². The van der Waals surface area contributed by atoms with Crippen LogP contribution in [0.1, 0.15) is 28.8 Å². The molecule has 0 unspecified atom stereocenters. The number of ether oxygens (including phenoxy) is 1. The highest BCUT2D eigenvalue weighted by Crippen LogP contribution is 2.23. The van der Waals surface area contributed by atoms with Crippen LogP contribution in [0.3, 0.4) is 0 Å². The van der Waals surface area contributed by atoms with E-state index in [4.69, 9.17) is 4.74 Å². The van der Waals surface area contributed by atoms with Gasteiger partial charge in [-0.15, -0.1) is 5.10 Å². The van der Waals surface area contributed by atoms with Crippen molar-refractivity contribution in [3.8, 4) is 5.88 Å². The Morgan fingerprint density at radius 2 is 1.89 bits per heavy atom. The number of likely N-dealkylation sites (tertiary alicyclic amines) is 1. The van der Waals surface area contributed by atoms with E-state index in [0.29, 0.717) is 31.5 Å². The van der Waals surface area contributed by atoms with Crippen molar-refractivity contribution in [3.05, 3.63) is 47.2 Å². The third kappa shape index (κ3) is 4.13. The molecular weight excluding hydrogens is 370 g/mol. The number of nitrogens with one attached hydrogen (secondary N) is 1. The molecule has 1 aliphatic rings. The molecule has 0 atom stereocenters. The number of carbonyl (C=O) groups is 2. The highest BCUT2D eigenvalue weighted by molar-refractivity contribution is 5.96. The Balaban J connectivity index is 1.54. The minimum Gasteiger partial charge on any atom is -0.479 e. The fraction of sp³-hybridized carbons (Fsp3) is 0.421. The summed E-state index contributed by atoms with van der Waals surface area (Å²) < 4.78 is 33.9. The van der Waals surface area contributed by atoms with Gasteiger partial charge in [0.15, 0.2) is 0 Å². The zero-order chi connectivity index (χ0) is 20.3. The Hall–Kier alpha value is -2.97. The lowest BCUT2D eigenvalue weighted by atomic mass is 9.95. The number of benzene rings is 1. The van der Waals surface area contributed by atoms with E-state index >= 15 is 0 Å². The third-order valence-corrected chi connectivity index (χ3v) is 4.87. The second kappa shape index (κ2) is 8.37. The number of nitrogens with zero attached hydrogens (tertiary/aromatic N) is 3. The predicted molar refractivity (Wildman–Crippen MR) is 96.6 cm³/mol. The molecule has 1 aliphatic heterocycles. The Morgan fingerprint density at radius 1 is 1.25 bits per heavy atom. The molecule has 1 aromatic carbocycles. The van der Waals surface area contributed by atoms with Crippen molar-refractivity contribution in [1.29, 1.82) is 0 Å². The highest BCUT2D eigenvalue weighted by Gasteiger charge is 2.30. The average Bonchev–Trinajstić information content (AvgIpc) is 3.07. The molecule has 1 fully saturated rings. The maximum atomic E-state index is 13.7. The summed E-state index contributed by atoms with van der Waals surface area (Å²) in [6.07, 6.45) is 2.54. The molecule has 1 aromatic heterocycles. The first-order chi connectivity index (χ1) is 13.4. The molecule has 2 heterocycles. The molecule has 0 saturated carbocycles. The molecule has 0 radical (unpaired) electrons. The van der Waals surface area contributed by atoms with Gasteiger partial charge in [-0.25, -0.2) is 8.78 Å². The minimum atomic E-state index is -0.689. The number of amides is 2. The summed E-state index contributed by atoms with van der Waals surface area (Å²) in [6.45, 7) is 0.607. The molecule has 0 bridgehead atoms. The fourth-order valence-electron chi connectivity index (χ4n) is 3.30. The van der Waals surface area contributed by atoms with Crippen molar-refractivity contribution in [2.45, 2.75) is 19.4 Å². The molecule has 1 saturated heterocycles. The number of halogens is 2. The van der Waals surface area contributed by atoms with Crippen LogP contribution in [0.4, 0.5) is 8.78 Å². The second-order valence-corrected chi connectivity index (χ2v) is 6.71. The zero-order valence-corrected chi connectivity index (χ0v) is 15.7. The number of hydrogen-bond acceptors (Lipinski definition) is 4. The summed E-state index contributed by atoms with van der Waals surface area (Å²) in [6, 6.07) is 3.59. The summed E-state index contributed by atoms with van der Waals surface area (Å²) in [5.74, 6) is -1.89. The Labute approximate surface area is 161 Å². The van der Waals surface area contributed by atoms with Gasteiger partial charge in [-0.2, -0.15) is 0 Å². The second-order valence-electron chi connectivity index (χ2n) is 6.71. The van der Waals surface area contributed by atoms with E-state index in [1.807, 2.05) is 0 Å². The smallest absolute Gasteiger partial charge is 0.260 e. The number of rotatable bonds is 5. The van der Waals surface area contributed by atoms with Gasteiger partial charge in [-0.3, -0.25) is 14.3 Å². The quantitative estimate of drug-likeness (QED) is 0.843. The number of carbonyl (C=O) groups excluding carboxylic acids is 2. The number of aromatic nitrogens is 2. The highest BCUT2D eigenvalue weighted by atomic mass is 19.1. The van der Waals surface area contributed by atoms with E-state index in [1.54, 1.807) is 18.1 Å². The van der Waals surface area contributed by atoms with Gasteiger partial charge in [0.1, 0.15) is 17.2 Å². The maximum Gasteiger partial charge on any atom is 0.260 e. The number of methoxy groups -OCH3 is 1. The first-order valence-corrected chi connectivity index (χ1v) is 8.98. The number of hydrogen-bond donors (Lipinski definition) is 1. The zero-order valence-electron chi connectivity index (χ0n) is 15.7. The van der Waals surface area contributed by atoms with E-state index in [-0.39, 0.29) is 35.7 Å². The van der Waals surface area contributed by atoms with Crippen molar-refractivity contribution < 1.29 is 23.1 Å². The van der Waals surface area contributed by atoms with E-state index < -0.39 is 11.6 Å². The molecule has 2 amide bonds. The Morgan fingerprint density at radius 3 is 2.50 bits per heavy atom. The van der Waals surface area contributed by atoms with Crippen LogP contribution in [0.25, 0.3) is 0 Å². The van der Waals surface area contributed by atoms with Gasteiger partial charge in [0, 0.05) is 44.4 Å². The van der Waals surface area contributed by atoms with Gasteiger partial charge in [0.2, 0.25) is 11.8 Å². The van der Waals surface area contributed by atoms with Gasteiger partial charge in [-0.1, -0.05) is 6.07 Å². The van der Waals surface area contributed by atoms with Crippen molar-refractivity contribution >= 4 is 11.8 Å². The predicted octanol–water partition coefficient (Wildman–Crippen LogP) is 1.88.